The van der Waals surface area contributed by atoms with Gasteiger partial charge in [0.25, 0.3) is 0 Å². The molecule has 0 spiro atoms. The van der Waals surface area contributed by atoms with Crippen LogP contribution < -0.4 is 9.80 Å². The third-order valence-corrected chi connectivity index (χ3v) is 14.7. The maximum absolute atomic E-state index is 2.58. The summed E-state index contributed by atoms with van der Waals surface area (Å²) < 4.78 is 0. The summed E-state index contributed by atoms with van der Waals surface area (Å²) in [4.78, 5) is 5.00. The lowest BCUT2D eigenvalue weighted by atomic mass is 9.63. The zero-order valence-corrected chi connectivity index (χ0v) is 37.3. The summed E-state index contributed by atoms with van der Waals surface area (Å²) in [7, 11) is 0. The van der Waals surface area contributed by atoms with E-state index < -0.39 is 5.41 Å². The first kappa shape index (κ1) is 39.2. The van der Waals surface area contributed by atoms with Gasteiger partial charge in [0, 0.05) is 47.0 Å². The Morgan fingerprint density at radius 1 is 0.269 bits per heavy atom. The predicted octanol–water partition coefficient (Wildman–Crippen LogP) is 17.5. The molecule has 318 valence electrons. The topological polar surface area (TPSA) is 6.48 Å². The van der Waals surface area contributed by atoms with Gasteiger partial charge in [-0.3, -0.25) is 0 Å². The van der Waals surface area contributed by atoms with Crippen LogP contribution in [-0.2, 0) is 5.41 Å². The van der Waals surface area contributed by atoms with E-state index in [9.17, 15) is 0 Å². The molecule has 0 bridgehead atoms. The molecule has 67 heavy (non-hydrogen) atoms. The first-order valence-electron chi connectivity index (χ1n) is 23.7. The fraction of sp³-hybridized carbons (Fsp3) is 0.0769. The highest BCUT2D eigenvalue weighted by atomic mass is 15.2. The van der Waals surface area contributed by atoms with Gasteiger partial charge in [-0.15, -0.1) is 0 Å². The van der Waals surface area contributed by atoms with Gasteiger partial charge >= 0.3 is 0 Å². The Balaban J connectivity index is 0.916. The molecule has 0 amide bonds. The van der Waals surface area contributed by atoms with Gasteiger partial charge in [-0.2, -0.15) is 0 Å². The zero-order valence-electron chi connectivity index (χ0n) is 37.3. The Hall–Kier alpha value is -8.20. The highest BCUT2D eigenvalue weighted by Crippen LogP contribution is 2.59. The number of benzene rings is 10. The number of hydrogen-bond acceptors (Lipinski definition) is 2. The van der Waals surface area contributed by atoms with Gasteiger partial charge in [-0.05, 0) is 127 Å². The summed E-state index contributed by atoms with van der Waals surface area (Å²) in [6.45, 7) is 0. The van der Waals surface area contributed by atoms with Crippen molar-refractivity contribution in [3.8, 4) is 11.1 Å². The van der Waals surface area contributed by atoms with Crippen LogP contribution in [0.4, 0.5) is 22.7 Å². The van der Waals surface area contributed by atoms with Crippen molar-refractivity contribution in [3.63, 3.8) is 0 Å². The molecule has 0 atom stereocenters. The quantitative estimate of drug-likeness (QED) is 0.141. The third-order valence-electron chi connectivity index (χ3n) is 14.7. The average Bonchev–Trinajstić information content (AvgIpc) is 3.70. The second kappa shape index (κ2) is 16.0. The molecule has 0 aromatic heterocycles. The summed E-state index contributed by atoms with van der Waals surface area (Å²) >= 11 is 0. The van der Waals surface area contributed by atoms with Crippen LogP contribution in [0, 0.1) is 0 Å². The molecule has 0 aliphatic heterocycles. The van der Waals surface area contributed by atoms with Crippen molar-refractivity contribution < 1.29 is 0 Å². The monoisotopic (exact) mass is 856 g/mol. The molecule has 0 fully saturated rings. The first-order chi connectivity index (χ1) is 33.2. The summed E-state index contributed by atoms with van der Waals surface area (Å²) in [6.07, 6.45) is 13.5. The maximum atomic E-state index is 2.58. The average molecular weight is 857 g/mol. The van der Waals surface area contributed by atoms with E-state index >= 15 is 0 Å². The van der Waals surface area contributed by atoms with Crippen LogP contribution in [0.3, 0.4) is 0 Å². The lowest BCUT2D eigenvalue weighted by molar-refractivity contribution is 0.669. The van der Waals surface area contributed by atoms with Crippen molar-refractivity contribution in [2.45, 2.75) is 31.1 Å². The van der Waals surface area contributed by atoms with Crippen LogP contribution in [0.5, 0.6) is 0 Å². The molecule has 0 radical (unpaired) electrons. The van der Waals surface area contributed by atoms with Crippen molar-refractivity contribution in [2.75, 3.05) is 9.80 Å². The molecule has 13 rings (SSSR count). The van der Waals surface area contributed by atoms with E-state index in [1.807, 2.05) is 0 Å². The highest BCUT2D eigenvalue weighted by Gasteiger charge is 2.48. The van der Waals surface area contributed by atoms with Gasteiger partial charge in [-0.25, -0.2) is 0 Å². The molecule has 3 aliphatic carbocycles. The van der Waals surface area contributed by atoms with Crippen LogP contribution in [0.2, 0.25) is 0 Å². The molecule has 0 heterocycles. The van der Waals surface area contributed by atoms with Gasteiger partial charge < -0.3 is 9.80 Å². The minimum Gasteiger partial charge on any atom is -0.314 e. The molecule has 10 aromatic carbocycles. The Labute approximate surface area is 392 Å². The maximum Gasteiger partial charge on any atom is 0.0639 e. The van der Waals surface area contributed by atoms with Crippen molar-refractivity contribution in [1.29, 1.82) is 0 Å². The molecule has 2 nitrogen and oxygen atoms in total. The molecular weight excluding hydrogens is 809 g/mol. The number of rotatable bonds is 8. The van der Waals surface area contributed by atoms with Gasteiger partial charge in [0.15, 0.2) is 0 Å². The van der Waals surface area contributed by atoms with E-state index in [1.54, 1.807) is 0 Å². The number of anilines is 4. The summed E-state index contributed by atoms with van der Waals surface area (Å²) in [5.41, 5.74) is 15.3. The van der Waals surface area contributed by atoms with Gasteiger partial charge in [0.05, 0.1) is 5.41 Å². The third kappa shape index (κ3) is 6.55. The second-order valence-electron chi connectivity index (χ2n) is 18.3. The minimum atomic E-state index is -0.398. The van der Waals surface area contributed by atoms with Gasteiger partial charge in [0.2, 0.25) is 0 Å². The molecular formula is C65H48N2. The van der Waals surface area contributed by atoms with E-state index in [-0.39, 0.29) is 0 Å². The van der Waals surface area contributed by atoms with E-state index in [1.165, 1.54) is 111 Å². The second-order valence-corrected chi connectivity index (χ2v) is 18.3. The lowest BCUT2D eigenvalue weighted by Gasteiger charge is -2.41. The predicted molar refractivity (Wildman–Crippen MR) is 284 cm³/mol. The number of hydrogen-bond donors (Lipinski definition) is 0. The number of nitrogens with zero attached hydrogens (tertiary/aromatic N) is 2. The molecule has 0 unspecified atom stereocenters. The summed E-state index contributed by atoms with van der Waals surface area (Å²) in [6, 6.07) is 80.8. The van der Waals surface area contributed by atoms with E-state index in [0.717, 1.165) is 25.7 Å². The van der Waals surface area contributed by atoms with E-state index in [4.69, 9.17) is 0 Å². The molecule has 10 aromatic rings. The van der Waals surface area contributed by atoms with Crippen LogP contribution in [0.1, 0.15) is 36.8 Å². The van der Waals surface area contributed by atoms with Crippen LogP contribution in [0.25, 0.3) is 54.2 Å². The fourth-order valence-corrected chi connectivity index (χ4v) is 11.6. The summed E-state index contributed by atoms with van der Waals surface area (Å²) in [5, 5.41) is 9.98. The Morgan fingerprint density at radius 2 is 0.567 bits per heavy atom. The molecule has 0 N–H and O–H groups in total. The van der Waals surface area contributed by atoms with Crippen molar-refractivity contribution in [2.24, 2.45) is 0 Å². The van der Waals surface area contributed by atoms with Crippen LogP contribution in [-0.4, -0.2) is 0 Å². The summed E-state index contributed by atoms with van der Waals surface area (Å²) in [5.74, 6) is 0. The molecule has 3 aliphatic rings. The van der Waals surface area contributed by atoms with Crippen molar-refractivity contribution >= 4 is 65.8 Å². The Bertz CT molecular complexity index is 3330. The van der Waals surface area contributed by atoms with Crippen molar-refractivity contribution in [1.82, 2.24) is 0 Å². The normalized spacial score (nSPS) is 15.1. The lowest BCUT2D eigenvalue weighted by Crippen LogP contribution is -2.33. The number of allylic oxidation sites excluding steroid dienone is 6. The van der Waals surface area contributed by atoms with Crippen molar-refractivity contribution in [3.05, 3.63) is 276 Å². The zero-order chi connectivity index (χ0) is 44.3. The van der Waals surface area contributed by atoms with Gasteiger partial charge in [0.1, 0.15) is 0 Å². The standard InChI is InChI=1S/C65H48N2/c1-5-17-49-41-57(33-25-45(49)13-1)66(58-34-26-46-14-2-6-18-50(46)42-58)55-37-29-53(30-38-55)65(63-23-11-9-21-61(63)62-22-10-12-24-64(62)65)54-31-39-56(40-32-54)67(59-35-27-47-15-3-7-19-51(47)43-59)60-36-28-48-16-4-8-20-52(48)44-60/h1-29,31,33-36,38,40-44H,30,32,37,39H2. The first-order valence-corrected chi connectivity index (χ1v) is 23.7. The number of fused-ring (bicyclic) bond motifs is 7. The smallest absolute Gasteiger partial charge is 0.0639 e. The van der Waals surface area contributed by atoms with Gasteiger partial charge in [-0.1, -0.05) is 205 Å². The SMILES string of the molecule is C1=C(N(c2ccc3ccccc3c2)c2ccc3ccccc3c2)CC=C(C2(C3=CCC(N(c4ccc5ccccc5c4)c4ccc5ccccc5c4)=CC3)c3ccccc3-c3ccccc32)C1. The highest BCUT2D eigenvalue weighted by molar-refractivity contribution is 5.93. The van der Waals surface area contributed by atoms with E-state index in [2.05, 4.69) is 252 Å². The fourth-order valence-electron chi connectivity index (χ4n) is 11.6. The minimum absolute atomic E-state index is 0.398. The molecule has 0 saturated carbocycles. The Morgan fingerprint density at radius 3 is 0.881 bits per heavy atom. The van der Waals surface area contributed by atoms with E-state index in [0.29, 0.717) is 0 Å². The van der Waals surface area contributed by atoms with Crippen LogP contribution in [0.15, 0.2) is 265 Å². The van der Waals surface area contributed by atoms with Crippen LogP contribution >= 0.6 is 0 Å². The Kier molecular flexibility index (Phi) is 9.39. The molecule has 0 saturated heterocycles. The molecule has 2 heteroatoms. The largest absolute Gasteiger partial charge is 0.314 e.